The number of fused-ring (bicyclic) bond motifs is 1. The minimum absolute atomic E-state index is 0.235. The van der Waals surface area contributed by atoms with Crippen molar-refractivity contribution < 1.29 is 9.53 Å². The number of carbonyl (C=O) groups is 1. The van der Waals surface area contributed by atoms with Crippen molar-refractivity contribution in [2.75, 3.05) is 36.6 Å². The van der Waals surface area contributed by atoms with Gasteiger partial charge in [0.1, 0.15) is 0 Å². The Hall–Kier alpha value is -3.82. The van der Waals surface area contributed by atoms with Gasteiger partial charge in [0, 0.05) is 35.3 Å². The Morgan fingerprint density at radius 2 is 1.87 bits per heavy atom. The molecule has 1 saturated heterocycles. The fourth-order valence-corrected chi connectivity index (χ4v) is 4.46. The minimum Gasteiger partial charge on any atom is -0.378 e. The maximum absolute atomic E-state index is 12.1. The lowest BCUT2D eigenvalue weighted by atomic mass is 10.2. The van der Waals surface area contributed by atoms with E-state index in [1.54, 1.807) is 17.6 Å². The number of aromatic nitrogens is 2. The zero-order chi connectivity index (χ0) is 28.6. The Morgan fingerprint density at radius 3 is 2.51 bits per heavy atom. The van der Waals surface area contributed by atoms with Gasteiger partial charge >= 0.3 is 0 Å². The van der Waals surface area contributed by atoms with Crippen LogP contribution in [0.25, 0.3) is 21.6 Å². The second-order valence-corrected chi connectivity index (χ2v) is 9.19. The van der Waals surface area contributed by atoms with E-state index >= 15 is 0 Å². The second-order valence-electron chi connectivity index (χ2n) is 8.06. The number of ether oxygens (including phenoxy) is 1. The number of hydrazone groups is 1. The minimum atomic E-state index is -0.235. The Bertz CT molecular complexity index is 1290. The summed E-state index contributed by atoms with van der Waals surface area (Å²) in [6.45, 7) is 20.4. The molecule has 1 amide bonds. The lowest BCUT2D eigenvalue weighted by molar-refractivity contribution is -0.117. The number of hydrogen-bond acceptors (Lipinski definition) is 8. The molecular weight excluding hydrogens is 508 g/mol. The molecule has 4 rings (SSSR count). The van der Waals surface area contributed by atoms with Crippen molar-refractivity contribution in [2.24, 2.45) is 5.10 Å². The first-order valence-electron chi connectivity index (χ1n) is 13.1. The molecule has 0 radical (unpaired) electrons. The van der Waals surface area contributed by atoms with Crippen LogP contribution in [0.3, 0.4) is 0 Å². The molecule has 1 aliphatic rings. The number of amides is 1. The molecule has 0 spiro atoms. The van der Waals surface area contributed by atoms with Crippen LogP contribution in [0.1, 0.15) is 39.5 Å². The van der Waals surface area contributed by atoms with E-state index in [0.29, 0.717) is 31.2 Å². The van der Waals surface area contributed by atoms with Gasteiger partial charge in [0.15, 0.2) is 11.6 Å². The normalized spacial score (nSPS) is 12.9. The summed E-state index contributed by atoms with van der Waals surface area (Å²) in [6.07, 6.45) is 7.14. The van der Waals surface area contributed by atoms with E-state index in [-0.39, 0.29) is 5.91 Å². The molecule has 9 heteroatoms. The standard InChI is InChI=1S/C24H26N6O2S.C4H8.C2H6/c1-4-16(3)24(31)25-15-19-14-20-21(33-19)23(30-9-11-32-12-10-30)28-22(27-20)17-7-6-8-18(13-17)29-26-5-2;1-3-4-2;1-2/h4-8,13-14,29H,1,3,9-12,15H2,2H3,(H,25,31);3-4H,1-2H3;1-2H3/b26-5-;4-3-;. The summed E-state index contributed by atoms with van der Waals surface area (Å²) in [7, 11) is 0. The van der Waals surface area contributed by atoms with Crippen LogP contribution < -0.4 is 15.6 Å². The summed E-state index contributed by atoms with van der Waals surface area (Å²) in [5, 5.41) is 6.97. The fraction of sp³-hybridized carbons (Fsp3) is 0.333. The number of morpholine rings is 1. The lowest BCUT2D eigenvalue weighted by Crippen LogP contribution is -2.36. The number of anilines is 2. The summed E-state index contributed by atoms with van der Waals surface area (Å²) >= 11 is 1.59. The van der Waals surface area contributed by atoms with Crippen molar-refractivity contribution in [3.8, 4) is 11.4 Å². The van der Waals surface area contributed by atoms with E-state index in [1.807, 2.05) is 77.1 Å². The highest BCUT2D eigenvalue weighted by Gasteiger charge is 2.20. The maximum Gasteiger partial charge on any atom is 0.250 e. The molecule has 1 aromatic carbocycles. The third-order valence-electron chi connectivity index (χ3n) is 5.45. The van der Waals surface area contributed by atoms with Gasteiger partial charge in [-0.2, -0.15) is 5.10 Å². The van der Waals surface area contributed by atoms with Gasteiger partial charge in [-0.1, -0.05) is 57.4 Å². The zero-order valence-corrected chi connectivity index (χ0v) is 24.5. The molecule has 3 aromatic rings. The van der Waals surface area contributed by atoms with E-state index in [4.69, 9.17) is 14.7 Å². The number of rotatable bonds is 8. The van der Waals surface area contributed by atoms with E-state index in [2.05, 4.69) is 33.9 Å². The molecule has 0 unspecified atom stereocenters. The first-order valence-corrected chi connectivity index (χ1v) is 14.0. The average Bonchev–Trinajstić information content (AvgIpc) is 3.42. The van der Waals surface area contributed by atoms with Crippen LogP contribution >= 0.6 is 11.3 Å². The largest absolute Gasteiger partial charge is 0.378 e. The first-order chi connectivity index (χ1) is 19.0. The van der Waals surface area contributed by atoms with Crippen LogP contribution in [0, 0.1) is 0 Å². The quantitative estimate of drug-likeness (QED) is 0.109. The fourth-order valence-electron chi connectivity index (χ4n) is 3.41. The molecule has 0 saturated carbocycles. The maximum atomic E-state index is 12.1. The lowest BCUT2D eigenvalue weighted by Gasteiger charge is -2.28. The number of carbonyl (C=O) groups excluding carboxylic acids is 1. The van der Waals surface area contributed by atoms with Crippen molar-refractivity contribution in [1.29, 1.82) is 0 Å². The van der Waals surface area contributed by atoms with E-state index < -0.39 is 0 Å². The summed E-state index contributed by atoms with van der Waals surface area (Å²) in [6, 6.07) is 9.87. The Labute approximate surface area is 236 Å². The van der Waals surface area contributed by atoms with Crippen LogP contribution in [-0.4, -0.2) is 48.4 Å². The molecule has 2 N–H and O–H groups in total. The molecule has 208 valence electrons. The van der Waals surface area contributed by atoms with Crippen molar-refractivity contribution in [3.05, 3.63) is 72.2 Å². The summed E-state index contributed by atoms with van der Waals surface area (Å²) in [5.74, 6) is 1.30. The van der Waals surface area contributed by atoms with Gasteiger partial charge in [0.2, 0.25) is 0 Å². The van der Waals surface area contributed by atoms with Crippen LogP contribution in [0.4, 0.5) is 11.5 Å². The number of nitrogens with one attached hydrogen (secondary N) is 2. The molecule has 3 heterocycles. The second kappa shape index (κ2) is 16.9. The van der Waals surface area contributed by atoms with Gasteiger partial charge < -0.3 is 15.0 Å². The molecule has 1 aliphatic heterocycles. The molecule has 0 atom stereocenters. The Kier molecular flexibility index (Phi) is 13.6. The van der Waals surface area contributed by atoms with Crippen molar-refractivity contribution in [1.82, 2.24) is 15.3 Å². The first kappa shape index (κ1) is 31.4. The highest BCUT2D eigenvalue weighted by atomic mass is 32.1. The van der Waals surface area contributed by atoms with Gasteiger partial charge in [0.05, 0.1) is 35.7 Å². The summed E-state index contributed by atoms with van der Waals surface area (Å²) in [4.78, 5) is 25.1. The summed E-state index contributed by atoms with van der Waals surface area (Å²) < 4.78 is 6.53. The number of hydrogen-bond donors (Lipinski definition) is 2. The number of nitrogens with zero attached hydrogens (tertiary/aromatic N) is 4. The van der Waals surface area contributed by atoms with Crippen LogP contribution in [0.15, 0.2) is 72.4 Å². The van der Waals surface area contributed by atoms with Gasteiger partial charge in [-0.15, -0.1) is 11.3 Å². The summed E-state index contributed by atoms with van der Waals surface area (Å²) in [5.41, 5.74) is 5.94. The van der Waals surface area contributed by atoms with E-state index in [9.17, 15) is 4.79 Å². The van der Waals surface area contributed by atoms with Crippen LogP contribution in [0.2, 0.25) is 0 Å². The molecule has 0 bridgehead atoms. The monoisotopic (exact) mass is 548 g/mol. The third kappa shape index (κ3) is 9.15. The molecular formula is C30H40N6O2S. The predicted octanol–water partition coefficient (Wildman–Crippen LogP) is 6.58. The molecule has 39 heavy (non-hydrogen) atoms. The van der Waals surface area contributed by atoms with E-state index in [0.717, 1.165) is 45.3 Å². The van der Waals surface area contributed by atoms with Gasteiger partial charge in [-0.25, -0.2) is 9.97 Å². The van der Waals surface area contributed by atoms with Crippen molar-refractivity contribution in [2.45, 2.75) is 41.2 Å². The highest BCUT2D eigenvalue weighted by Crippen LogP contribution is 2.35. The van der Waals surface area contributed by atoms with Crippen LogP contribution in [0.5, 0.6) is 0 Å². The van der Waals surface area contributed by atoms with Gasteiger partial charge in [-0.05, 0) is 39.0 Å². The highest BCUT2D eigenvalue weighted by molar-refractivity contribution is 7.19. The predicted molar refractivity (Wildman–Crippen MR) is 167 cm³/mol. The topological polar surface area (TPSA) is 91.7 Å². The van der Waals surface area contributed by atoms with Crippen molar-refractivity contribution >= 4 is 45.2 Å². The van der Waals surface area contributed by atoms with Crippen LogP contribution in [-0.2, 0) is 16.1 Å². The number of benzene rings is 1. The van der Waals surface area contributed by atoms with Crippen molar-refractivity contribution in [3.63, 3.8) is 0 Å². The molecule has 2 aromatic heterocycles. The Balaban J connectivity index is 0.000000815. The average molecular weight is 549 g/mol. The van der Waals surface area contributed by atoms with Gasteiger partial charge in [0.25, 0.3) is 5.91 Å². The third-order valence-corrected chi connectivity index (χ3v) is 6.57. The number of allylic oxidation sites excluding steroid dienone is 2. The number of thiophene rings is 1. The zero-order valence-electron chi connectivity index (χ0n) is 23.7. The Morgan fingerprint density at radius 1 is 1.15 bits per heavy atom. The van der Waals surface area contributed by atoms with E-state index in [1.165, 1.54) is 6.08 Å². The molecule has 8 nitrogen and oxygen atoms in total. The SMILES string of the molecule is C/C=C\C.C=CC(=C)C(=O)NCc1cc2nc(-c3cccc(N/N=C\C)c3)nc(N3CCOCC3)c2s1.CC. The van der Waals surface area contributed by atoms with Gasteiger partial charge in [-0.3, -0.25) is 10.2 Å². The smallest absolute Gasteiger partial charge is 0.250 e. The molecule has 0 aliphatic carbocycles. The molecule has 1 fully saturated rings.